The molecule has 0 fully saturated rings. The van der Waals surface area contributed by atoms with Gasteiger partial charge in [-0.2, -0.15) is 0 Å². The van der Waals surface area contributed by atoms with Crippen molar-refractivity contribution in [1.82, 2.24) is 9.97 Å². The molecule has 1 aromatic rings. The molecule has 1 heterocycles. The minimum absolute atomic E-state index is 0.106. The van der Waals surface area contributed by atoms with Crippen LogP contribution in [0.25, 0.3) is 0 Å². The maximum absolute atomic E-state index is 6.03. The van der Waals surface area contributed by atoms with Crippen molar-refractivity contribution in [3.8, 4) is 0 Å². The average molecular weight is 201 g/mol. The quantitative estimate of drug-likeness (QED) is 0.535. The zero-order valence-corrected chi connectivity index (χ0v) is 8.68. The number of nitrogens with zero attached hydrogens (tertiary/aromatic N) is 2. The van der Waals surface area contributed by atoms with Crippen molar-refractivity contribution in [2.75, 3.05) is 5.43 Å². The summed E-state index contributed by atoms with van der Waals surface area (Å²) in [6.07, 6.45) is 1.45. The van der Waals surface area contributed by atoms with Crippen LogP contribution in [0.2, 0.25) is 5.02 Å². The van der Waals surface area contributed by atoms with Crippen LogP contribution in [0.1, 0.15) is 26.5 Å². The summed E-state index contributed by atoms with van der Waals surface area (Å²) in [5, 5.41) is 0.484. The van der Waals surface area contributed by atoms with Gasteiger partial charge in [0.05, 0.1) is 5.69 Å². The van der Waals surface area contributed by atoms with Crippen LogP contribution in [-0.4, -0.2) is 9.97 Å². The van der Waals surface area contributed by atoms with Crippen LogP contribution >= 0.6 is 11.6 Å². The van der Waals surface area contributed by atoms with Crippen LogP contribution in [0.4, 0.5) is 5.82 Å². The van der Waals surface area contributed by atoms with Crippen molar-refractivity contribution in [2.45, 2.75) is 26.2 Å². The van der Waals surface area contributed by atoms with Gasteiger partial charge >= 0.3 is 0 Å². The number of nitrogen functional groups attached to an aromatic ring is 1. The van der Waals surface area contributed by atoms with Gasteiger partial charge in [0.25, 0.3) is 0 Å². The number of hydrogen-bond donors (Lipinski definition) is 2. The van der Waals surface area contributed by atoms with Crippen LogP contribution in [0, 0.1) is 0 Å². The van der Waals surface area contributed by atoms with Gasteiger partial charge in [-0.25, -0.2) is 15.8 Å². The molecule has 72 valence electrons. The lowest BCUT2D eigenvalue weighted by molar-refractivity contribution is 0.567. The largest absolute Gasteiger partial charge is 0.307 e. The number of hydrazine groups is 1. The van der Waals surface area contributed by atoms with Crippen LogP contribution in [0.15, 0.2) is 6.33 Å². The van der Waals surface area contributed by atoms with E-state index >= 15 is 0 Å². The second-order valence-corrected chi connectivity index (χ2v) is 4.16. The van der Waals surface area contributed by atoms with Gasteiger partial charge in [0.15, 0.2) is 5.82 Å². The second kappa shape index (κ2) is 3.47. The Morgan fingerprint density at radius 1 is 1.38 bits per heavy atom. The van der Waals surface area contributed by atoms with E-state index in [0.29, 0.717) is 10.8 Å². The predicted octanol–water partition coefficient (Wildman–Crippen LogP) is 1.71. The lowest BCUT2D eigenvalue weighted by Gasteiger charge is -2.19. The van der Waals surface area contributed by atoms with Gasteiger partial charge in [0.1, 0.15) is 11.3 Å². The summed E-state index contributed by atoms with van der Waals surface area (Å²) in [5.74, 6) is 5.70. The predicted molar refractivity (Wildman–Crippen MR) is 53.6 cm³/mol. The molecule has 0 aliphatic rings. The molecule has 0 amide bonds. The molecule has 0 bridgehead atoms. The minimum atomic E-state index is -0.106. The number of anilines is 1. The van der Waals surface area contributed by atoms with Crippen molar-refractivity contribution in [1.29, 1.82) is 0 Å². The van der Waals surface area contributed by atoms with Crippen LogP contribution in [0.3, 0.4) is 0 Å². The van der Waals surface area contributed by atoms with Gasteiger partial charge in [-0.15, -0.1) is 0 Å². The Labute approximate surface area is 82.5 Å². The van der Waals surface area contributed by atoms with Crippen molar-refractivity contribution in [3.05, 3.63) is 17.0 Å². The first-order valence-electron chi connectivity index (χ1n) is 3.94. The molecular weight excluding hydrogens is 188 g/mol. The minimum Gasteiger partial charge on any atom is -0.307 e. The maximum atomic E-state index is 6.03. The number of nitrogens with two attached hydrogens (primary N) is 1. The van der Waals surface area contributed by atoms with E-state index in [2.05, 4.69) is 15.4 Å². The molecule has 5 heteroatoms. The number of rotatable bonds is 1. The molecule has 0 atom stereocenters. The third-order valence-corrected chi connectivity index (χ3v) is 1.99. The molecule has 1 rings (SSSR count). The SMILES string of the molecule is CC(C)(C)c1ncnc(NN)c1Cl. The molecule has 3 N–H and O–H groups in total. The lowest BCUT2D eigenvalue weighted by atomic mass is 9.92. The van der Waals surface area contributed by atoms with Crippen LogP contribution in [-0.2, 0) is 5.41 Å². The van der Waals surface area contributed by atoms with Gasteiger partial charge in [-0.1, -0.05) is 32.4 Å². The van der Waals surface area contributed by atoms with Crippen molar-refractivity contribution in [3.63, 3.8) is 0 Å². The van der Waals surface area contributed by atoms with Gasteiger partial charge < -0.3 is 5.43 Å². The van der Waals surface area contributed by atoms with Crippen LogP contribution < -0.4 is 11.3 Å². The normalized spacial score (nSPS) is 11.5. The smallest absolute Gasteiger partial charge is 0.162 e. The highest BCUT2D eigenvalue weighted by Gasteiger charge is 2.21. The highest BCUT2D eigenvalue weighted by molar-refractivity contribution is 6.33. The molecule has 0 saturated carbocycles. The summed E-state index contributed by atoms with van der Waals surface area (Å²) in [5.41, 5.74) is 3.11. The van der Waals surface area contributed by atoms with Gasteiger partial charge in [-0.3, -0.25) is 0 Å². The topological polar surface area (TPSA) is 63.8 Å². The molecule has 0 saturated heterocycles. The number of hydrogen-bond acceptors (Lipinski definition) is 4. The zero-order valence-electron chi connectivity index (χ0n) is 7.93. The van der Waals surface area contributed by atoms with E-state index in [-0.39, 0.29) is 5.41 Å². The highest BCUT2D eigenvalue weighted by Crippen LogP contribution is 2.30. The fraction of sp³-hybridized carbons (Fsp3) is 0.500. The monoisotopic (exact) mass is 200 g/mol. The fourth-order valence-electron chi connectivity index (χ4n) is 0.993. The van der Waals surface area contributed by atoms with E-state index in [0.717, 1.165) is 5.69 Å². The van der Waals surface area contributed by atoms with E-state index in [1.165, 1.54) is 6.33 Å². The average Bonchev–Trinajstić information content (AvgIpc) is 2.02. The standard InChI is InChI=1S/C8H13ClN4/c1-8(2,3)6-5(9)7(13-10)12-4-11-6/h4H,10H2,1-3H3,(H,11,12,13). The first kappa shape index (κ1) is 10.2. The second-order valence-electron chi connectivity index (χ2n) is 3.78. The highest BCUT2D eigenvalue weighted by atomic mass is 35.5. The molecule has 0 spiro atoms. The summed E-state index contributed by atoms with van der Waals surface area (Å²) < 4.78 is 0. The van der Waals surface area contributed by atoms with E-state index < -0.39 is 0 Å². The Hall–Kier alpha value is -0.870. The van der Waals surface area contributed by atoms with Gasteiger partial charge in [0, 0.05) is 5.41 Å². The summed E-state index contributed by atoms with van der Waals surface area (Å²) in [4.78, 5) is 8.01. The van der Waals surface area contributed by atoms with Gasteiger partial charge in [0.2, 0.25) is 0 Å². The molecule has 0 unspecified atom stereocenters. The van der Waals surface area contributed by atoms with Crippen molar-refractivity contribution in [2.24, 2.45) is 5.84 Å². The Morgan fingerprint density at radius 3 is 2.46 bits per heavy atom. The number of nitrogens with one attached hydrogen (secondary N) is 1. The molecule has 13 heavy (non-hydrogen) atoms. The third-order valence-electron chi connectivity index (χ3n) is 1.64. The lowest BCUT2D eigenvalue weighted by Crippen LogP contribution is -2.17. The molecule has 0 aliphatic carbocycles. The molecule has 4 nitrogen and oxygen atoms in total. The van der Waals surface area contributed by atoms with E-state index in [4.69, 9.17) is 17.4 Å². The van der Waals surface area contributed by atoms with E-state index in [1.54, 1.807) is 0 Å². The summed E-state index contributed by atoms with van der Waals surface area (Å²) in [6.45, 7) is 6.09. The van der Waals surface area contributed by atoms with Crippen molar-refractivity contribution >= 4 is 17.4 Å². The molecule has 0 radical (unpaired) electrons. The Balaban J connectivity index is 3.24. The number of aromatic nitrogens is 2. The van der Waals surface area contributed by atoms with E-state index in [9.17, 15) is 0 Å². The first-order valence-corrected chi connectivity index (χ1v) is 4.32. The maximum Gasteiger partial charge on any atom is 0.162 e. The zero-order chi connectivity index (χ0) is 10.1. The molecular formula is C8H13ClN4. The Kier molecular flexibility index (Phi) is 2.73. The Morgan fingerprint density at radius 2 is 2.00 bits per heavy atom. The van der Waals surface area contributed by atoms with E-state index in [1.807, 2.05) is 20.8 Å². The summed E-state index contributed by atoms with van der Waals surface area (Å²) >= 11 is 6.03. The molecule has 0 aliphatic heterocycles. The van der Waals surface area contributed by atoms with Crippen LogP contribution in [0.5, 0.6) is 0 Å². The third kappa shape index (κ3) is 2.08. The molecule has 1 aromatic heterocycles. The summed E-state index contributed by atoms with van der Waals surface area (Å²) in [7, 11) is 0. The first-order chi connectivity index (χ1) is 5.96. The molecule has 0 aromatic carbocycles. The Bertz CT molecular complexity index is 306. The van der Waals surface area contributed by atoms with Gasteiger partial charge in [-0.05, 0) is 0 Å². The fourth-order valence-corrected chi connectivity index (χ4v) is 1.43. The number of halogens is 1. The van der Waals surface area contributed by atoms with Crippen molar-refractivity contribution < 1.29 is 0 Å². The summed E-state index contributed by atoms with van der Waals surface area (Å²) in [6, 6.07) is 0.